The minimum atomic E-state index is -4.99. The molecule has 0 aliphatic rings. The van der Waals surface area contributed by atoms with Crippen LogP contribution in [0.5, 0.6) is 0 Å². The van der Waals surface area contributed by atoms with Crippen molar-refractivity contribution in [3.05, 3.63) is 85.1 Å². The topological polar surface area (TPSA) is 237 Å². The van der Waals surface area contributed by atoms with Gasteiger partial charge in [-0.1, -0.05) is 299 Å². The van der Waals surface area contributed by atoms with Crippen molar-refractivity contribution in [3.63, 3.8) is 0 Å². The molecule has 0 aliphatic carbocycles. The Hall–Kier alpha value is -3.76. The van der Waals surface area contributed by atoms with Crippen LogP contribution in [0.25, 0.3) is 0 Å². The first kappa shape index (κ1) is 98.2. The maximum atomic E-state index is 13.1. The third-order valence-electron chi connectivity index (χ3n) is 17.3. The van der Waals surface area contributed by atoms with Crippen LogP contribution in [0.1, 0.15) is 362 Å². The largest absolute Gasteiger partial charge is 0.472 e. The molecule has 0 saturated carbocycles. The number of esters is 4. The van der Waals surface area contributed by atoms with Gasteiger partial charge in [0.1, 0.15) is 19.3 Å². The number of ether oxygens (including phenoxy) is 4. The SMILES string of the molecule is CCCCC/C=C\C/C=C\C/C=C\C/C=C\CCCC(=O)O[C@H](COC(=O)CCCCCCC/C=C\CCCCCCCC)COP(=O)(O)OC[C@@H](O)COP(=O)(O)OC[C@@H](COC(=O)CCCCCCC/C=C\C/C=C\CCCCC)OC(=O)CCCCCCCCCCCCCCCCC. The number of carbonyl (C=O) groups is 4. The Labute approximate surface area is 621 Å². The molecule has 592 valence electrons. The van der Waals surface area contributed by atoms with E-state index in [1.54, 1.807) is 0 Å². The molecule has 0 heterocycles. The highest BCUT2D eigenvalue weighted by Gasteiger charge is 2.30. The van der Waals surface area contributed by atoms with Crippen molar-refractivity contribution < 1.29 is 80.2 Å². The molecule has 19 heteroatoms. The normalized spacial score (nSPS) is 14.3. The summed E-state index contributed by atoms with van der Waals surface area (Å²) in [5.74, 6) is -2.24. The summed E-state index contributed by atoms with van der Waals surface area (Å²) in [5.41, 5.74) is 0. The Morgan fingerprint density at radius 3 is 0.804 bits per heavy atom. The van der Waals surface area contributed by atoms with Gasteiger partial charge in [0, 0.05) is 25.7 Å². The zero-order valence-corrected chi connectivity index (χ0v) is 66.6. The van der Waals surface area contributed by atoms with E-state index in [2.05, 4.69) is 101 Å². The highest BCUT2D eigenvalue weighted by Crippen LogP contribution is 2.45. The number of phosphoric acid groups is 2. The summed E-state index contributed by atoms with van der Waals surface area (Å²) in [6.07, 6.45) is 78.4. The average Bonchev–Trinajstić information content (AvgIpc) is 0.917. The quantitative estimate of drug-likeness (QED) is 0.0169. The number of hydrogen-bond acceptors (Lipinski definition) is 15. The van der Waals surface area contributed by atoms with E-state index in [0.29, 0.717) is 32.1 Å². The molecule has 0 aromatic carbocycles. The van der Waals surface area contributed by atoms with Gasteiger partial charge in [0.15, 0.2) is 12.2 Å². The van der Waals surface area contributed by atoms with E-state index >= 15 is 0 Å². The standard InChI is InChI=1S/C83H148O17P2/c1-5-9-13-17-21-25-29-33-37-38-42-46-50-54-58-62-66-70-83(88)100-79(74-94-81(86)68-64-60-56-52-48-44-40-35-31-27-23-19-15-11-7-3)76-98-102(91,92)96-72-77(84)71-95-101(89,90)97-75-78(99-82(87)69-65-61-57-53-49-45-41-36-32-28-24-20-16-12-8-4)73-93-80(85)67-63-59-55-51-47-43-39-34-30-26-22-18-14-10-6-2/h21-22,25-26,33-35,37,39-40,42,46,54,58,77-79,84H,5-20,23-24,27-32,36,38,41,43-45,47-53,55-57,59-76H2,1-4H3,(H,89,90)(H,91,92)/b25-21-,26-22-,37-33-,39-34-,40-35-,46-42-,58-54-/t77-,78+,79+/m0/s1. The summed E-state index contributed by atoms with van der Waals surface area (Å²) >= 11 is 0. The predicted octanol–water partition coefficient (Wildman–Crippen LogP) is 23.8. The minimum Gasteiger partial charge on any atom is -0.462 e. The van der Waals surface area contributed by atoms with Gasteiger partial charge in [-0.2, -0.15) is 0 Å². The zero-order valence-electron chi connectivity index (χ0n) is 64.8. The summed E-state index contributed by atoms with van der Waals surface area (Å²) in [4.78, 5) is 73.0. The first-order valence-electron chi connectivity index (χ1n) is 40.8. The van der Waals surface area contributed by atoms with Crippen LogP contribution in [0.3, 0.4) is 0 Å². The van der Waals surface area contributed by atoms with Crippen molar-refractivity contribution in [1.29, 1.82) is 0 Å². The van der Waals surface area contributed by atoms with Gasteiger partial charge in [-0.15, -0.1) is 0 Å². The Morgan fingerprint density at radius 2 is 0.490 bits per heavy atom. The lowest BCUT2D eigenvalue weighted by atomic mass is 10.0. The molecule has 0 aromatic heterocycles. The van der Waals surface area contributed by atoms with Gasteiger partial charge in [0.05, 0.1) is 26.4 Å². The molecule has 17 nitrogen and oxygen atoms in total. The molecule has 5 atom stereocenters. The summed E-state index contributed by atoms with van der Waals surface area (Å²) in [7, 11) is -9.97. The average molecular weight is 1480 g/mol. The lowest BCUT2D eigenvalue weighted by molar-refractivity contribution is -0.161. The predicted molar refractivity (Wildman–Crippen MR) is 418 cm³/mol. The molecule has 0 aliphatic heterocycles. The van der Waals surface area contributed by atoms with Crippen molar-refractivity contribution in [2.75, 3.05) is 39.6 Å². The molecular formula is C83H148O17P2. The Kier molecular flexibility index (Phi) is 72.7. The molecule has 3 N–H and O–H groups in total. The summed E-state index contributed by atoms with van der Waals surface area (Å²) < 4.78 is 68.6. The molecule has 0 rings (SSSR count). The lowest BCUT2D eigenvalue weighted by Crippen LogP contribution is -2.30. The molecular weight excluding hydrogens is 1330 g/mol. The highest BCUT2D eigenvalue weighted by atomic mass is 31.2. The second kappa shape index (κ2) is 75.5. The molecule has 0 aromatic rings. The smallest absolute Gasteiger partial charge is 0.462 e. The number of unbranched alkanes of at least 4 members (excludes halogenated alkanes) is 37. The fraction of sp³-hybridized carbons (Fsp3) is 0.783. The number of hydrogen-bond donors (Lipinski definition) is 3. The van der Waals surface area contributed by atoms with Gasteiger partial charge in [-0.05, 0) is 122 Å². The Bertz CT molecular complexity index is 2260. The van der Waals surface area contributed by atoms with E-state index in [1.807, 2.05) is 12.2 Å². The molecule has 0 fully saturated rings. The van der Waals surface area contributed by atoms with E-state index < -0.39 is 97.5 Å². The summed E-state index contributed by atoms with van der Waals surface area (Å²) in [5, 5.41) is 10.6. The Morgan fingerprint density at radius 1 is 0.275 bits per heavy atom. The van der Waals surface area contributed by atoms with Crippen molar-refractivity contribution in [2.24, 2.45) is 0 Å². The number of allylic oxidation sites excluding steroid dienone is 14. The van der Waals surface area contributed by atoms with Crippen LogP contribution in [0.15, 0.2) is 85.1 Å². The molecule has 2 unspecified atom stereocenters. The van der Waals surface area contributed by atoms with Gasteiger partial charge >= 0.3 is 39.5 Å². The fourth-order valence-electron chi connectivity index (χ4n) is 11.1. The van der Waals surface area contributed by atoms with Gasteiger partial charge in [-0.25, -0.2) is 9.13 Å². The van der Waals surface area contributed by atoms with Crippen molar-refractivity contribution in [3.8, 4) is 0 Å². The van der Waals surface area contributed by atoms with Crippen molar-refractivity contribution in [2.45, 2.75) is 380 Å². The molecule has 0 saturated heterocycles. The zero-order chi connectivity index (χ0) is 74.6. The molecule has 0 amide bonds. The molecule has 0 radical (unpaired) electrons. The van der Waals surface area contributed by atoms with E-state index in [9.17, 15) is 43.2 Å². The summed E-state index contributed by atoms with van der Waals surface area (Å²) in [6.45, 7) is 4.79. The first-order chi connectivity index (χ1) is 49.7. The van der Waals surface area contributed by atoms with Crippen LogP contribution in [-0.4, -0.2) is 96.7 Å². The molecule has 0 bridgehead atoms. The van der Waals surface area contributed by atoms with E-state index in [1.165, 1.54) is 141 Å². The number of phosphoric ester groups is 2. The van der Waals surface area contributed by atoms with Gasteiger partial charge in [0.2, 0.25) is 0 Å². The second-order valence-corrected chi connectivity index (χ2v) is 30.3. The number of carbonyl (C=O) groups excluding carboxylic acids is 4. The van der Waals surface area contributed by atoms with Crippen LogP contribution in [-0.2, 0) is 65.4 Å². The van der Waals surface area contributed by atoms with Crippen LogP contribution in [0, 0.1) is 0 Å². The number of aliphatic hydroxyl groups excluding tert-OH is 1. The first-order valence-corrected chi connectivity index (χ1v) is 43.8. The van der Waals surface area contributed by atoms with Gasteiger partial charge < -0.3 is 33.8 Å². The number of rotatable bonds is 77. The van der Waals surface area contributed by atoms with Crippen molar-refractivity contribution >= 4 is 39.5 Å². The second-order valence-electron chi connectivity index (χ2n) is 27.4. The molecule has 102 heavy (non-hydrogen) atoms. The van der Waals surface area contributed by atoms with Crippen LogP contribution < -0.4 is 0 Å². The third kappa shape index (κ3) is 74.5. The van der Waals surface area contributed by atoms with Crippen molar-refractivity contribution in [1.82, 2.24) is 0 Å². The lowest BCUT2D eigenvalue weighted by Gasteiger charge is -2.21. The monoisotopic (exact) mass is 1480 g/mol. The van der Waals surface area contributed by atoms with Crippen LogP contribution >= 0.6 is 15.6 Å². The summed E-state index contributed by atoms with van der Waals surface area (Å²) in [6, 6.07) is 0. The van der Waals surface area contributed by atoms with E-state index in [-0.39, 0.29) is 25.7 Å². The van der Waals surface area contributed by atoms with E-state index in [0.717, 1.165) is 135 Å². The number of aliphatic hydroxyl groups is 1. The highest BCUT2D eigenvalue weighted by molar-refractivity contribution is 7.47. The van der Waals surface area contributed by atoms with E-state index in [4.69, 9.17) is 37.0 Å². The van der Waals surface area contributed by atoms with Crippen LogP contribution in [0.4, 0.5) is 0 Å². The van der Waals surface area contributed by atoms with Gasteiger partial charge in [0.25, 0.3) is 0 Å². The third-order valence-corrected chi connectivity index (χ3v) is 19.2. The molecule has 0 spiro atoms. The van der Waals surface area contributed by atoms with Gasteiger partial charge in [-0.3, -0.25) is 37.3 Å². The minimum absolute atomic E-state index is 0.0192. The van der Waals surface area contributed by atoms with Crippen LogP contribution in [0.2, 0.25) is 0 Å². The fourth-order valence-corrected chi connectivity index (χ4v) is 12.6. The maximum absolute atomic E-state index is 13.1. The maximum Gasteiger partial charge on any atom is 0.472 e. The Balaban J connectivity index is 5.41.